The zero-order valence-electron chi connectivity index (χ0n) is 13.1. The van der Waals surface area contributed by atoms with E-state index < -0.39 is 0 Å². The fourth-order valence-corrected chi connectivity index (χ4v) is 1.86. The van der Waals surface area contributed by atoms with Gasteiger partial charge in [0.2, 0.25) is 0 Å². The van der Waals surface area contributed by atoms with Crippen LogP contribution in [0.4, 0.5) is 0 Å². The molecular formula is C14H33N3. The summed E-state index contributed by atoms with van der Waals surface area (Å²) in [6.07, 6.45) is 3.88. The molecule has 17 heavy (non-hydrogen) atoms. The molecule has 0 heterocycles. The molecule has 0 aromatic carbocycles. The topological polar surface area (TPSA) is 9.72 Å². The van der Waals surface area contributed by atoms with Crippen LogP contribution in [0.15, 0.2) is 0 Å². The zero-order valence-corrected chi connectivity index (χ0v) is 13.1. The molecule has 0 atom stereocenters. The predicted octanol–water partition coefficient (Wildman–Crippen LogP) is 1.85. The summed E-state index contributed by atoms with van der Waals surface area (Å²) in [6, 6.07) is 0. The molecule has 0 aliphatic rings. The molecule has 0 fully saturated rings. The van der Waals surface area contributed by atoms with E-state index in [4.69, 9.17) is 0 Å². The number of hydrogen-bond acceptors (Lipinski definition) is 3. The van der Waals surface area contributed by atoms with Gasteiger partial charge in [-0.3, -0.25) is 0 Å². The molecule has 0 aromatic rings. The van der Waals surface area contributed by atoms with E-state index >= 15 is 0 Å². The van der Waals surface area contributed by atoms with E-state index in [1.165, 1.54) is 38.9 Å². The van der Waals surface area contributed by atoms with Crippen molar-refractivity contribution in [2.75, 3.05) is 61.9 Å². The average Bonchev–Trinajstić information content (AvgIpc) is 2.21. The Kier molecular flexibility index (Phi) is 8.01. The van der Waals surface area contributed by atoms with Gasteiger partial charge in [0.15, 0.2) is 0 Å². The minimum Gasteiger partial charge on any atom is -0.309 e. The molecule has 0 radical (unpaired) electrons. The maximum absolute atomic E-state index is 2.45. The maximum atomic E-state index is 2.45. The van der Waals surface area contributed by atoms with E-state index in [0.29, 0.717) is 5.41 Å². The number of rotatable bonds is 9. The monoisotopic (exact) mass is 243 g/mol. The SMILES string of the molecule is CN(C)CCC(C)(CCN(C)C)CCN(C)C. The molecule has 0 saturated heterocycles. The molecule has 0 unspecified atom stereocenters. The van der Waals surface area contributed by atoms with Crippen LogP contribution in [0, 0.1) is 5.41 Å². The summed E-state index contributed by atoms with van der Waals surface area (Å²) in [7, 11) is 13.0. The number of nitrogens with zero attached hydrogens (tertiary/aromatic N) is 3. The second-order valence-electron chi connectivity index (χ2n) is 6.47. The van der Waals surface area contributed by atoms with Gasteiger partial charge in [0.1, 0.15) is 0 Å². The van der Waals surface area contributed by atoms with E-state index in [2.05, 4.69) is 63.9 Å². The molecule has 3 nitrogen and oxygen atoms in total. The van der Waals surface area contributed by atoms with Gasteiger partial charge < -0.3 is 14.7 Å². The summed E-state index contributed by atoms with van der Waals surface area (Å²) >= 11 is 0. The lowest BCUT2D eigenvalue weighted by Gasteiger charge is -2.33. The van der Waals surface area contributed by atoms with Crippen molar-refractivity contribution in [2.45, 2.75) is 26.2 Å². The maximum Gasteiger partial charge on any atom is -0.00196 e. The van der Waals surface area contributed by atoms with E-state index in [-0.39, 0.29) is 0 Å². The fourth-order valence-electron chi connectivity index (χ4n) is 1.86. The Morgan fingerprint density at radius 2 is 0.824 bits per heavy atom. The smallest absolute Gasteiger partial charge is 0.00196 e. The highest BCUT2D eigenvalue weighted by Crippen LogP contribution is 2.30. The van der Waals surface area contributed by atoms with Gasteiger partial charge in [0.25, 0.3) is 0 Å². The van der Waals surface area contributed by atoms with Crippen molar-refractivity contribution in [3.63, 3.8) is 0 Å². The molecule has 0 N–H and O–H groups in total. The standard InChI is InChI=1S/C14H33N3/c1-14(8-11-15(2)3,9-12-16(4)5)10-13-17(6)7/h8-13H2,1-7H3. The van der Waals surface area contributed by atoms with Gasteiger partial charge >= 0.3 is 0 Å². The summed E-state index contributed by atoms with van der Waals surface area (Å²) in [5.41, 5.74) is 0.471. The van der Waals surface area contributed by atoms with E-state index in [1.54, 1.807) is 0 Å². The molecule has 0 spiro atoms. The molecule has 0 rings (SSSR count). The van der Waals surface area contributed by atoms with E-state index in [0.717, 1.165) is 0 Å². The highest BCUT2D eigenvalue weighted by Gasteiger charge is 2.24. The van der Waals surface area contributed by atoms with Gasteiger partial charge in [-0.25, -0.2) is 0 Å². The zero-order chi connectivity index (χ0) is 13.5. The van der Waals surface area contributed by atoms with E-state index in [1.807, 2.05) is 0 Å². The minimum atomic E-state index is 0.471. The van der Waals surface area contributed by atoms with Gasteiger partial charge in [-0.1, -0.05) is 6.92 Å². The van der Waals surface area contributed by atoms with Gasteiger partial charge in [0.05, 0.1) is 0 Å². The highest BCUT2D eigenvalue weighted by molar-refractivity contribution is 4.77. The Bertz CT molecular complexity index is 157. The quantitative estimate of drug-likeness (QED) is 0.612. The van der Waals surface area contributed by atoms with Crippen molar-refractivity contribution in [3.05, 3.63) is 0 Å². The Balaban J connectivity index is 4.23. The lowest BCUT2D eigenvalue weighted by molar-refractivity contribution is 0.176. The minimum absolute atomic E-state index is 0.471. The van der Waals surface area contributed by atoms with Crippen LogP contribution in [0.2, 0.25) is 0 Å². The van der Waals surface area contributed by atoms with Crippen LogP contribution >= 0.6 is 0 Å². The molecular weight excluding hydrogens is 210 g/mol. The van der Waals surface area contributed by atoms with Crippen LogP contribution in [0.3, 0.4) is 0 Å². The molecule has 104 valence electrons. The van der Waals surface area contributed by atoms with Crippen LogP contribution in [0.5, 0.6) is 0 Å². The summed E-state index contributed by atoms with van der Waals surface area (Å²) in [4.78, 5) is 6.89. The Labute approximate surface area is 109 Å². The lowest BCUT2D eigenvalue weighted by atomic mass is 9.79. The second-order valence-corrected chi connectivity index (χ2v) is 6.47. The van der Waals surface area contributed by atoms with Gasteiger partial charge in [-0.15, -0.1) is 0 Å². The second kappa shape index (κ2) is 8.06. The highest BCUT2D eigenvalue weighted by atomic mass is 15.1. The third-order valence-electron chi connectivity index (χ3n) is 3.49. The normalized spacial score (nSPS) is 13.1. The molecule has 3 heteroatoms. The van der Waals surface area contributed by atoms with Crippen LogP contribution in [0.25, 0.3) is 0 Å². The molecule has 0 saturated carbocycles. The third-order valence-corrected chi connectivity index (χ3v) is 3.49. The first-order chi connectivity index (χ1) is 7.75. The van der Waals surface area contributed by atoms with Crippen LogP contribution in [-0.4, -0.2) is 76.6 Å². The summed E-state index contributed by atoms with van der Waals surface area (Å²) in [5.74, 6) is 0. The van der Waals surface area contributed by atoms with Crippen LogP contribution in [0.1, 0.15) is 26.2 Å². The van der Waals surface area contributed by atoms with Crippen molar-refractivity contribution >= 4 is 0 Å². The van der Waals surface area contributed by atoms with Crippen molar-refractivity contribution in [3.8, 4) is 0 Å². The predicted molar refractivity (Wildman–Crippen MR) is 77.6 cm³/mol. The van der Waals surface area contributed by atoms with Gasteiger partial charge in [-0.05, 0) is 86.6 Å². The first kappa shape index (κ1) is 16.9. The van der Waals surface area contributed by atoms with Gasteiger partial charge in [0, 0.05) is 0 Å². The largest absolute Gasteiger partial charge is 0.309 e. The summed E-state index contributed by atoms with van der Waals surface area (Å²) < 4.78 is 0. The molecule has 0 aliphatic carbocycles. The Morgan fingerprint density at radius 1 is 0.588 bits per heavy atom. The Hall–Kier alpha value is -0.120. The third kappa shape index (κ3) is 9.57. The van der Waals surface area contributed by atoms with Crippen LogP contribution in [-0.2, 0) is 0 Å². The van der Waals surface area contributed by atoms with Gasteiger partial charge in [-0.2, -0.15) is 0 Å². The first-order valence-corrected chi connectivity index (χ1v) is 6.69. The molecule has 0 aromatic heterocycles. The lowest BCUT2D eigenvalue weighted by Crippen LogP contribution is -2.31. The van der Waals surface area contributed by atoms with Crippen molar-refractivity contribution < 1.29 is 0 Å². The Morgan fingerprint density at radius 3 is 1.00 bits per heavy atom. The number of hydrogen-bond donors (Lipinski definition) is 0. The van der Waals surface area contributed by atoms with Crippen molar-refractivity contribution in [1.29, 1.82) is 0 Å². The first-order valence-electron chi connectivity index (χ1n) is 6.69. The molecule has 0 bridgehead atoms. The van der Waals surface area contributed by atoms with E-state index in [9.17, 15) is 0 Å². The summed E-state index contributed by atoms with van der Waals surface area (Å²) in [5, 5.41) is 0. The average molecular weight is 243 g/mol. The molecule has 0 aliphatic heterocycles. The molecule has 0 amide bonds. The fraction of sp³-hybridized carbons (Fsp3) is 1.00. The van der Waals surface area contributed by atoms with Crippen molar-refractivity contribution in [1.82, 2.24) is 14.7 Å². The van der Waals surface area contributed by atoms with Crippen LogP contribution < -0.4 is 0 Å². The summed E-state index contributed by atoms with van der Waals surface area (Å²) in [6.45, 7) is 6.02. The van der Waals surface area contributed by atoms with Crippen molar-refractivity contribution in [2.24, 2.45) is 5.41 Å².